The maximum atomic E-state index is 11.9. The number of hydrogen-bond acceptors (Lipinski definition) is 8. The van der Waals surface area contributed by atoms with Crippen molar-refractivity contribution in [2.45, 2.75) is 11.7 Å². The summed E-state index contributed by atoms with van der Waals surface area (Å²) in [5.74, 6) is -1.70. The molecule has 3 rings (SSSR count). The molecule has 1 aliphatic heterocycles. The zero-order valence-electron chi connectivity index (χ0n) is 13.7. The standard InChI is InChI=1S/C17H13N3O6S/c21-14(22)8-13-15(23)19-17(27-13)20-18-9-10-3-1-4-11(7-10)26-16(24)12-5-2-6-25-12/h1-7,9,13H,8H2,(H,21,22)(H,19,20,23). The van der Waals surface area contributed by atoms with Gasteiger partial charge in [0, 0.05) is 0 Å². The molecule has 2 aromatic rings. The fourth-order valence-corrected chi connectivity index (χ4v) is 3.02. The molecule has 0 radical (unpaired) electrons. The summed E-state index contributed by atoms with van der Waals surface area (Å²) in [6.45, 7) is 0. The minimum atomic E-state index is -1.06. The Bertz CT molecular complexity index is 923. The molecule has 0 spiro atoms. The SMILES string of the molecule is O=C(O)CC1SC(=NN=Cc2cccc(OC(=O)c3ccco3)c2)NC1=O. The van der Waals surface area contributed by atoms with Gasteiger partial charge >= 0.3 is 11.9 Å². The van der Waals surface area contributed by atoms with Crippen molar-refractivity contribution in [3.05, 3.63) is 54.0 Å². The van der Waals surface area contributed by atoms with Crippen molar-refractivity contribution in [1.82, 2.24) is 5.32 Å². The molecule has 1 atom stereocenters. The van der Waals surface area contributed by atoms with Crippen LogP contribution in [-0.4, -0.2) is 39.6 Å². The minimum absolute atomic E-state index is 0.0883. The van der Waals surface area contributed by atoms with Gasteiger partial charge in [-0.1, -0.05) is 23.9 Å². The number of rotatable bonds is 6. The van der Waals surface area contributed by atoms with E-state index in [1.54, 1.807) is 30.3 Å². The Morgan fingerprint density at radius 3 is 2.93 bits per heavy atom. The highest BCUT2D eigenvalue weighted by Gasteiger charge is 2.32. The number of thioether (sulfide) groups is 1. The first kappa shape index (κ1) is 18.4. The Labute approximate surface area is 157 Å². The summed E-state index contributed by atoms with van der Waals surface area (Å²) in [5, 5.41) is 18.4. The number of furan rings is 1. The molecule has 1 amide bonds. The van der Waals surface area contributed by atoms with Crippen molar-refractivity contribution in [2.75, 3.05) is 0 Å². The van der Waals surface area contributed by atoms with Crippen LogP contribution in [0.1, 0.15) is 22.5 Å². The normalized spacial score (nSPS) is 18.0. The van der Waals surface area contributed by atoms with Crippen LogP contribution in [0.2, 0.25) is 0 Å². The molecule has 2 heterocycles. The molecule has 2 N–H and O–H groups in total. The number of carbonyl (C=O) groups is 3. The van der Waals surface area contributed by atoms with Crippen LogP contribution < -0.4 is 10.1 Å². The number of nitrogens with one attached hydrogen (secondary N) is 1. The van der Waals surface area contributed by atoms with Crippen LogP contribution in [0.4, 0.5) is 0 Å². The number of carboxylic acid groups (broad SMARTS) is 1. The van der Waals surface area contributed by atoms with E-state index in [0.717, 1.165) is 11.8 Å². The Morgan fingerprint density at radius 2 is 2.19 bits per heavy atom. The van der Waals surface area contributed by atoms with Crippen molar-refractivity contribution >= 4 is 41.0 Å². The molecule has 0 aliphatic carbocycles. The number of amides is 1. The maximum absolute atomic E-state index is 11.9. The fourth-order valence-electron chi connectivity index (χ4n) is 2.10. The molecule has 1 fully saturated rings. The highest BCUT2D eigenvalue weighted by Crippen LogP contribution is 2.22. The maximum Gasteiger partial charge on any atom is 0.379 e. The zero-order valence-corrected chi connectivity index (χ0v) is 14.5. The van der Waals surface area contributed by atoms with E-state index >= 15 is 0 Å². The van der Waals surface area contributed by atoms with Gasteiger partial charge in [0.25, 0.3) is 0 Å². The number of esters is 1. The topological polar surface area (TPSA) is 131 Å². The molecule has 27 heavy (non-hydrogen) atoms. The molecule has 9 nitrogen and oxygen atoms in total. The molecule has 1 unspecified atom stereocenters. The van der Waals surface area contributed by atoms with Crippen LogP contribution in [-0.2, 0) is 9.59 Å². The number of carbonyl (C=O) groups excluding carboxylic acids is 2. The lowest BCUT2D eigenvalue weighted by Crippen LogP contribution is -2.26. The number of nitrogens with zero attached hydrogens (tertiary/aromatic N) is 2. The first-order valence-corrected chi connectivity index (χ1v) is 8.55. The smallest absolute Gasteiger partial charge is 0.379 e. The average Bonchev–Trinajstić information content (AvgIpc) is 3.26. The van der Waals surface area contributed by atoms with Gasteiger partial charge in [-0.25, -0.2) is 4.79 Å². The summed E-state index contributed by atoms with van der Waals surface area (Å²) in [4.78, 5) is 34.2. The van der Waals surface area contributed by atoms with Crippen molar-refractivity contribution in [1.29, 1.82) is 0 Å². The molecular weight excluding hydrogens is 374 g/mol. The fraction of sp³-hybridized carbons (Fsp3) is 0.118. The van der Waals surface area contributed by atoms with E-state index in [0.29, 0.717) is 11.3 Å². The largest absolute Gasteiger partial charge is 0.481 e. The van der Waals surface area contributed by atoms with E-state index in [1.165, 1.54) is 18.5 Å². The first-order valence-electron chi connectivity index (χ1n) is 7.67. The summed E-state index contributed by atoms with van der Waals surface area (Å²) >= 11 is 1.01. The Hall–Kier alpha value is -3.40. The number of benzene rings is 1. The zero-order chi connectivity index (χ0) is 19.2. The van der Waals surface area contributed by atoms with Crippen LogP contribution in [0.15, 0.2) is 57.3 Å². The molecule has 1 aliphatic rings. The predicted molar refractivity (Wildman–Crippen MR) is 96.9 cm³/mol. The second-order valence-electron chi connectivity index (χ2n) is 5.28. The Balaban J connectivity index is 1.62. The lowest BCUT2D eigenvalue weighted by molar-refractivity contribution is -0.138. The van der Waals surface area contributed by atoms with Crippen LogP contribution in [0.25, 0.3) is 0 Å². The molecule has 10 heteroatoms. The molecule has 1 aromatic heterocycles. The molecular formula is C17H13N3O6S. The van der Waals surface area contributed by atoms with Gasteiger partial charge in [0.05, 0.1) is 18.9 Å². The van der Waals surface area contributed by atoms with Gasteiger partial charge in [0.15, 0.2) is 5.17 Å². The van der Waals surface area contributed by atoms with Crippen molar-refractivity contribution in [2.24, 2.45) is 10.2 Å². The van der Waals surface area contributed by atoms with Gasteiger partial charge < -0.3 is 19.6 Å². The molecule has 1 saturated heterocycles. The number of ether oxygens (including phenoxy) is 1. The molecule has 138 valence electrons. The summed E-state index contributed by atoms with van der Waals surface area (Å²) in [6, 6.07) is 9.66. The number of carboxylic acids is 1. The van der Waals surface area contributed by atoms with E-state index in [-0.39, 0.29) is 17.3 Å². The third kappa shape index (κ3) is 5.05. The molecule has 1 aromatic carbocycles. The Kier molecular flexibility index (Phi) is 5.67. The van der Waals surface area contributed by atoms with Crippen molar-refractivity contribution in [3.8, 4) is 5.75 Å². The van der Waals surface area contributed by atoms with E-state index in [2.05, 4.69) is 15.5 Å². The monoisotopic (exact) mass is 387 g/mol. The lowest BCUT2D eigenvalue weighted by atomic mass is 10.2. The van der Waals surface area contributed by atoms with Gasteiger partial charge in [0.2, 0.25) is 11.7 Å². The van der Waals surface area contributed by atoms with E-state index in [1.807, 2.05) is 0 Å². The lowest BCUT2D eigenvalue weighted by Gasteiger charge is -2.02. The van der Waals surface area contributed by atoms with E-state index < -0.39 is 23.1 Å². The average molecular weight is 387 g/mol. The summed E-state index contributed by atoms with van der Waals surface area (Å²) in [7, 11) is 0. The number of amidine groups is 1. The van der Waals surface area contributed by atoms with Crippen LogP contribution >= 0.6 is 11.8 Å². The van der Waals surface area contributed by atoms with Gasteiger partial charge in [-0.2, -0.15) is 5.10 Å². The quantitative estimate of drug-likeness (QED) is 0.335. The number of hydrogen-bond donors (Lipinski definition) is 2. The van der Waals surface area contributed by atoms with Crippen LogP contribution in [0.3, 0.4) is 0 Å². The molecule has 0 saturated carbocycles. The number of aliphatic carboxylic acids is 1. The third-order valence-electron chi connectivity index (χ3n) is 3.28. The second-order valence-corrected chi connectivity index (χ2v) is 6.47. The van der Waals surface area contributed by atoms with Crippen LogP contribution in [0.5, 0.6) is 5.75 Å². The molecule has 0 bridgehead atoms. The Morgan fingerprint density at radius 1 is 1.33 bits per heavy atom. The van der Waals surface area contributed by atoms with Gasteiger partial charge in [0.1, 0.15) is 11.0 Å². The van der Waals surface area contributed by atoms with Crippen molar-refractivity contribution in [3.63, 3.8) is 0 Å². The summed E-state index contributed by atoms with van der Waals surface area (Å²) < 4.78 is 10.2. The van der Waals surface area contributed by atoms with Gasteiger partial charge in [-0.05, 0) is 29.8 Å². The van der Waals surface area contributed by atoms with E-state index in [9.17, 15) is 14.4 Å². The van der Waals surface area contributed by atoms with E-state index in [4.69, 9.17) is 14.3 Å². The highest BCUT2D eigenvalue weighted by molar-refractivity contribution is 8.15. The highest BCUT2D eigenvalue weighted by atomic mass is 32.2. The second kappa shape index (κ2) is 8.32. The van der Waals surface area contributed by atoms with Gasteiger partial charge in [-0.3, -0.25) is 9.59 Å². The third-order valence-corrected chi connectivity index (χ3v) is 4.36. The van der Waals surface area contributed by atoms with Gasteiger partial charge in [-0.15, -0.1) is 5.10 Å². The summed E-state index contributed by atoms with van der Waals surface area (Å²) in [5.41, 5.74) is 0.612. The van der Waals surface area contributed by atoms with Crippen LogP contribution in [0, 0.1) is 0 Å². The summed E-state index contributed by atoms with van der Waals surface area (Å²) in [6.07, 6.45) is 2.50. The predicted octanol–water partition coefficient (Wildman–Crippen LogP) is 1.90. The first-order chi connectivity index (χ1) is 13.0. The van der Waals surface area contributed by atoms with Crippen molar-refractivity contribution < 1.29 is 28.6 Å². The minimum Gasteiger partial charge on any atom is -0.481 e.